The fraction of sp³-hybridized carbons (Fsp3) is 1.00. The predicted octanol–water partition coefficient (Wildman–Crippen LogP) is 3.73. The first kappa shape index (κ1) is 26.0. The van der Waals surface area contributed by atoms with Crippen LogP contribution in [0, 0.1) is 0 Å². The molecule has 0 amide bonds. The molecule has 4 nitrogen and oxygen atoms in total. The summed E-state index contributed by atoms with van der Waals surface area (Å²) in [4.78, 5) is 9.19. The van der Waals surface area contributed by atoms with Crippen LogP contribution in [0.3, 0.4) is 0 Å². The summed E-state index contributed by atoms with van der Waals surface area (Å²) in [5.74, 6) is 0. The Labute approximate surface area is 188 Å². The normalized spacial score (nSPS) is 41.6. The topological polar surface area (TPSA) is 13.0 Å². The molecular weight excluding hydrogens is 422 g/mol. The van der Waals surface area contributed by atoms with Crippen LogP contribution in [0.2, 0.25) is 0 Å². The van der Waals surface area contributed by atoms with E-state index in [0.717, 1.165) is 52.1 Å². The van der Waals surface area contributed by atoms with Crippen molar-refractivity contribution in [1.82, 2.24) is 19.6 Å². The number of hydrogen-bond donors (Lipinski definition) is 0. The largest absolute Gasteiger partial charge is 0.296 e. The van der Waals surface area contributed by atoms with E-state index < -0.39 is 0 Å². The second kappa shape index (κ2) is 8.98. The number of hydrogen-bond acceptors (Lipinski definition) is 4. The Kier molecular flexibility index (Phi) is 8.63. The summed E-state index contributed by atoms with van der Waals surface area (Å²) in [5.41, 5.74) is 0.0569. The Hall–Kier alpha value is 0.939. The molecule has 7 heteroatoms. The molecule has 0 spiro atoms. The summed E-state index contributed by atoms with van der Waals surface area (Å²) in [5, 5.41) is 0. The van der Waals surface area contributed by atoms with Crippen LogP contribution in [-0.2, 0) is 17.1 Å². The van der Waals surface area contributed by atoms with Crippen molar-refractivity contribution in [3.8, 4) is 0 Å². The number of alkyl halides is 2. The van der Waals surface area contributed by atoms with Gasteiger partial charge in [0.1, 0.15) is 0 Å². The monoisotopic (exact) mass is 461 g/mol. The van der Waals surface area contributed by atoms with E-state index in [1.807, 2.05) is 0 Å². The molecular formula is C20H40Cl2MnN4. The average molecular weight is 462 g/mol. The molecule has 2 saturated heterocycles. The van der Waals surface area contributed by atoms with Crippen LogP contribution in [0.15, 0.2) is 0 Å². The third-order valence-corrected chi connectivity index (χ3v) is 7.71. The smallest absolute Gasteiger partial charge is 0.0947 e. The first-order valence-corrected chi connectivity index (χ1v) is 10.7. The molecule has 161 valence electrons. The van der Waals surface area contributed by atoms with Crippen LogP contribution in [0.25, 0.3) is 0 Å². The van der Waals surface area contributed by atoms with Gasteiger partial charge in [-0.2, -0.15) is 0 Å². The number of halogens is 2. The SMILES string of the molecule is CN1CCN2CCN(CCN(C)C(C)(Cl)CC2(C)C)C(C)(C)CC1(C)Cl.[Mn]. The number of rotatable bonds is 0. The summed E-state index contributed by atoms with van der Waals surface area (Å²) < 4.78 is 0. The van der Waals surface area contributed by atoms with Crippen molar-refractivity contribution >= 4 is 23.2 Å². The molecule has 2 heterocycles. The van der Waals surface area contributed by atoms with Crippen molar-refractivity contribution < 1.29 is 17.1 Å². The van der Waals surface area contributed by atoms with Gasteiger partial charge in [-0.25, -0.2) is 0 Å². The fourth-order valence-corrected chi connectivity index (χ4v) is 5.58. The van der Waals surface area contributed by atoms with Crippen LogP contribution in [0.1, 0.15) is 54.4 Å². The van der Waals surface area contributed by atoms with Gasteiger partial charge in [0, 0.05) is 67.4 Å². The van der Waals surface area contributed by atoms with Crippen molar-refractivity contribution in [3.05, 3.63) is 0 Å². The second-order valence-electron chi connectivity index (χ2n) is 10.1. The van der Waals surface area contributed by atoms with Crippen LogP contribution < -0.4 is 0 Å². The van der Waals surface area contributed by atoms with E-state index in [1.54, 1.807) is 0 Å². The van der Waals surface area contributed by atoms with Crippen LogP contribution in [-0.4, -0.2) is 94.0 Å². The van der Waals surface area contributed by atoms with E-state index in [1.165, 1.54) is 0 Å². The molecule has 2 aliphatic heterocycles. The van der Waals surface area contributed by atoms with Crippen LogP contribution in [0.4, 0.5) is 0 Å². The van der Waals surface area contributed by atoms with Gasteiger partial charge < -0.3 is 0 Å². The molecule has 1 radical (unpaired) electrons. The van der Waals surface area contributed by atoms with E-state index in [4.69, 9.17) is 23.2 Å². The standard InChI is InChI=1S/C20H40Cl2N4.Mn/c1-17(2)15-19(5,21)23(7)10-12-26-14-13-25(17)11-9-24(8)20(6,22)16-18(26,3)4;/h9-16H2,1-8H3;. The molecule has 2 fully saturated rings. The molecule has 0 aromatic rings. The van der Waals surface area contributed by atoms with Crippen molar-refractivity contribution in [2.24, 2.45) is 0 Å². The molecule has 4 atom stereocenters. The molecule has 2 aliphatic rings. The Morgan fingerprint density at radius 2 is 0.815 bits per heavy atom. The van der Waals surface area contributed by atoms with Gasteiger partial charge in [-0.05, 0) is 68.5 Å². The van der Waals surface area contributed by atoms with E-state index in [9.17, 15) is 0 Å². The Morgan fingerprint density at radius 1 is 0.556 bits per heavy atom. The summed E-state index contributed by atoms with van der Waals surface area (Å²) in [6, 6.07) is 0. The van der Waals surface area contributed by atoms with Crippen molar-refractivity contribution in [3.63, 3.8) is 0 Å². The maximum Gasteiger partial charge on any atom is 0.0947 e. The molecule has 2 rings (SSSR count). The van der Waals surface area contributed by atoms with E-state index in [-0.39, 0.29) is 38.1 Å². The minimum Gasteiger partial charge on any atom is -0.296 e. The summed E-state index contributed by atoms with van der Waals surface area (Å²) in [6.45, 7) is 19.8. The quantitative estimate of drug-likeness (QED) is 0.309. The van der Waals surface area contributed by atoms with Crippen molar-refractivity contribution in [2.75, 3.05) is 53.4 Å². The molecule has 2 bridgehead atoms. The Bertz CT molecular complexity index is 452. The zero-order valence-electron chi connectivity index (χ0n) is 18.6. The molecule has 0 aromatic carbocycles. The van der Waals surface area contributed by atoms with Crippen LogP contribution in [0.5, 0.6) is 0 Å². The number of fused-ring (bicyclic) bond motifs is 3. The number of likely N-dealkylation sites (N-methyl/N-ethyl adjacent to an activating group) is 2. The van der Waals surface area contributed by atoms with Gasteiger partial charge in [-0.3, -0.25) is 19.6 Å². The fourth-order valence-electron chi connectivity index (χ4n) is 4.76. The Balaban J connectivity index is 0.00000364. The minimum absolute atomic E-state index is 0. The van der Waals surface area contributed by atoms with Gasteiger partial charge in [-0.1, -0.05) is 0 Å². The number of nitrogens with zero attached hydrogens (tertiary/aromatic N) is 4. The molecule has 4 unspecified atom stereocenters. The minimum atomic E-state index is -0.341. The maximum atomic E-state index is 7.01. The van der Waals surface area contributed by atoms with Gasteiger partial charge in [-0.15, -0.1) is 23.2 Å². The predicted molar refractivity (Wildman–Crippen MR) is 114 cm³/mol. The zero-order valence-corrected chi connectivity index (χ0v) is 21.3. The van der Waals surface area contributed by atoms with Gasteiger partial charge in [0.25, 0.3) is 0 Å². The molecule has 0 aliphatic carbocycles. The Morgan fingerprint density at radius 3 is 1.11 bits per heavy atom. The first-order chi connectivity index (χ1) is 11.7. The zero-order chi connectivity index (χ0) is 20.0. The van der Waals surface area contributed by atoms with Crippen molar-refractivity contribution in [2.45, 2.75) is 75.5 Å². The summed E-state index contributed by atoms with van der Waals surface area (Å²) in [7, 11) is 4.32. The summed E-state index contributed by atoms with van der Waals surface area (Å²) in [6.07, 6.45) is 1.87. The summed E-state index contributed by atoms with van der Waals surface area (Å²) >= 11 is 14.0. The molecule has 27 heavy (non-hydrogen) atoms. The third kappa shape index (κ3) is 6.21. The van der Waals surface area contributed by atoms with Gasteiger partial charge in [0.2, 0.25) is 0 Å². The average Bonchev–Trinajstić information content (AvgIpc) is 2.44. The molecule has 0 saturated carbocycles. The van der Waals surface area contributed by atoms with Gasteiger partial charge in [0.05, 0.1) is 10.00 Å². The molecule has 0 N–H and O–H groups in total. The third-order valence-electron chi connectivity index (χ3n) is 6.86. The van der Waals surface area contributed by atoms with E-state index >= 15 is 0 Å². The van der Waals surface area contributed by atoms with Gasteiger partial charge in [0.15, 0.2) is 0 Å². The second-order valence-corrected chi connectivity index (χ2v) is 11.7. The van der Waals surface area contributed by atoms with Gasteiger partial charge >= 0.3 is 0 Å². The van der Waals surface area contributed by atoms with E-state index in [0.29, 0.717) is 0 Å². The first-order valence-electron chi connectivity index (χ1n) is 9.98. The molecule has 0 aromatic heterocycles. The van der Waals surface area contributed by atoms with E-state index in [2.05, 4.69) is 75.2 Å². The van der Waals surface area contributed by atoms with Crippen LogP contribution >= 0.6 is 23.2 Å². The van der Waals surface area contributed by atoms with Crippen molar-refractivity contribution in [1.29, 1.82) is 0 Å². The maximum absolute atomic E-state index is 7.01.